The predicted octanol–water partition coefficient (Wildman–Crippen LogP) is 2.29. The third-order valence-corrected chi connectivity index (χ3v) is 3.15. The van der Waals surface area contributed by atoms with Gasteiger partial charge in [-0.3, -0.25) is 20.0 Å². The number of nitro benzene ring substituents is 1. The molecular weight excluding hydrogens is 258 g/mol. The molecule has 0 atom stereocenters. The number of aromatic amines is 1. The lowest BCUT2D eigenvalue weighted by Gasteiger charge is -2.01. The molecule has 0 spiro atoms. The lowest BCUT2D eigenvalue weighted by Crippen LogP contribution is -2.17. The number of benzene rings is 2. The van der Waals surface area contributed by atoms with Gasteiger partial charge < -0.3 is 0 Å². The minimum Gasteiger partial charge on any atom is -0.295 e. The fraction of sp³-hybridized carbons (Fsp3) is 0.0714. The van der Waals surface area contributed by atoms with Crippen LogP contribution in [0.3, 0.4) is 0 Å². The highest BCUT2D eigenvalue weighted by Crippen LogP contribution is 2.13. The van der Waals surface area contributed by atoms with E-state index in [2.05, 4.69) is 5.10 Å². The van der Waals surface area contributed by atoms with Crippen LogP contribution in [0.1, 0.15) is 5.56 Å². The van der Waals surface area contributed by atoms with Crippen molar-refractivity contribution in [1.82, 2.24) is 9.78 Å². The molecule has 0 fully saturated rings. The zero-order valence-electron chi connectivity index (χ0n) is 10.4. The Morgan fingerprint density at radius 3 is 2.45 bits per heavy atom. The van der Waals surface area contributed by atoms with E-state index in [9.17, 15) is 14.9 Å². The summed E-state index contributed by atoms with van der Waals surface area (Å²) in [5, 5.41) is 14.2. The van der Waals surface area contributed by atoms with E-state index in [0.717, 1.165) is 11.1 Å². The van der Waals surface area contributed by atoms with Crippen LogP contribution in [0.4, 0.5) is 5.69 Å². The van der Waals surface area contributed by atoms with Gasteiger partial charge in [-0.05, 0) is 17.7 Å². The maximum atomic E-state index is 12.1. The molecule has 1 aromatic heterocycles. The molecule has 0 saturated heterocycles. The van der Waals surface area contributed by atoms with Crippen LogP contribution < -0.4 is 5.56 Å². The molecule has 3 rings (SSSR count). The minimum absolute atomic E-state index is 0.0396. The summed E-state index contributed by atoms with van der Waals surface area (Å²) >= 11 is 0. The number of hydrogen-bond acceptors (Lipinski definition) is 3. The number of para-hydroxylation sites is 1. The third-order valence-electron chi connectivity index (χ3n) is 3.15. The van der Waals surface area contributed by atoms with Crippen LogP contribution in [0, 0.1) is 10.1 Å². The van der Waals surface area contributed by atoms with Crippen LogP contribution in [-0.4, -0.2) is 14.7 Å². The summed E-state index contributed by atoms with van der Waals surface area (Å²) in [5.41, 5.74) is 1.54. The molecule has 0 aliphatic rings. The van der Waals surface area contributed by atoms with Crippen LogP contribution in [0.2, 0.25) is 0 Å². The summed E-state index contributed by atoms with van der Waals surface area (Å²) in [5.74, 6) is 0. The highest BCUT2D eigenvalue weighted by Gasteiger charge is 2.08. The van der Waals surface area contributed by atoms with Gasteiger partial charge in [0.15, 0.2) is 0 Å². The first-order valence-corrected chi connectivity index (χ1v) is 6.06. The summed E-state index contributed by atoms with van der Waals surface area (Å²) in [6.07, 6.45) is 0. The van der Waals surface area contributed by atoms with Crippen molar-refractivity contribution in [2.45, 2.75) is 6.54 Å². The largest absolute Gasteiger partial charge is 0.295 e. The van der Waals surface area contributed by atoms with Gasteiger partial charge in [0.1, 0.15) is 0 Å². The molecule has 0 aliphatic carbocycles. The minimum atomic E-state index is -0.446. The van der Waals surface area contributed by atoms with Crippen LogP contribution in [0.25, 0.3) is 10.9 Å². The fourth-order valence-corrected chi connectivity index (χ4v) is 2.13. The molecule has 100 valence electrons. The van der Waals surface area contributed by atoms with Gasteiger partial charge in [0.2, 0.25) is 0 Å². The first-order valence-electron chi connectivity index (χ1n) is 6.06. The van der Waals surface area contributed by atoms with E-state index in [4.69, 9.17) is 0 Å². The van der Waals surface area contributed by atoms with E-state index in [1.54, 1.807) is 18.2 Å². The molecule has 3 aromatic rings. The Hall–Kier alpha value is -2.89. The summed E-state index contributed by atoms with van der Waals surface area (Å²) in [4.78, 5) is 22.3. The Kier molecular flexibility index (Phi) is 2.83. The second kappa shape index (κ2) is 4.65. The van der Waals surface area contributed by atoms with Gasteiger partial charge in [-0.25, -0.2) is 4.68 Å². The van der Waals surface area contributed by atoms with Crippen molar-refractivity contribution in [2.24, 2.45) is 0 Å². The van der Waals surface area contributed by atoms with Crippen LogP contribution >= 0.6 is 0 Å². The van der Waals surface area contributed by atoms with Crippen molar-refractivity contribution in [3.63, 3.8) is 0 Å². The molecular formula is C14H11N3O3. The molecule has 0 unspecified atom stereocenters. The van der Waals surface area contributed by atoms with Crippen LogP contribution in [0.15, 0.2) is 53.3 Å². The number of nitrogens with zero attached hydrogens (tertiary/aromatic N) is 2. The van der Waals surface area contributed by atoms with E-state index in [-0.39, 0.29) is 11.2 Å². The number of nitro groups is 1. The molecule has 6 heteroatoms. The standard InChI is InChI=1S/C14H11N3O3/c18-14-12-3-1-2-4-13(12)15-16(14)9-10-5-7-11(8-6-10)17(19)20/h1-8,15H,9H2. The van der Waals surface area contributed by atoms with Gasteiger partial charge in [-0.1, -0.05) is 24.3 Å². The zero-order chi connectivity index (χ0) is 14.1. The Morgan fingerprint density at radius 1 is 1.10 bits per heavy atom. The van der Waals surface area contributed by atoms with Gasteiger partial charge in [-0.15, -0.1) is 0 Å². The Morgan fingerprint density at radius 2 is 1.80 bits per heavy atom. The average Bonchev–Trinajstić information content (AvgIpc) is 2.77. The van der Waals surface area contributed by atoms with Crippen molar-refractivity contribution in [3.8, 4) is 0 Å². The Labute approximate surface area is 113 Å². The highest BCUT2D eigenvalue weighted by atomic mass is 16.6. The number of H-pyrrole nitrogens is 1. The lowest BCUT2D eigenvalue weighted by atomic mass is 10.2. The van der Waals surface area contributed by atoms with Crippen LogP contribution in [0.5, 0.6) is 0 Å². The van der Waals surface area contributed by atoms with Crippen LogP contribution in [-0.2, 0) is 6.54 Å². The van der Waals surface area contributed by atoms with Gasteiger partial charge in [-0.2, -0.15) is 0 Å². The molecule has 1 N–H and O–H groups in total. The lowest BCUT2D eigenvalue weighted by molar-refractivity contribution is -0.384. The van der Waals surface area contributed by atoms with Crippen molar-refractivity contribution in [2.75, 3.05) is 0 Å². The van der Waals surface area contributed by atoms with Gasteiger partial charge in [0.25, 0.3) is 11.2 Å². The molecule has 20 heavy (non-hydrogen) atoms. The normalized spacial score (nSPS) is 10.8. The number of aromatic nitrogens is 2. The first-order chi connectivity index (χ1) is 9.65. The number of hydrogen-bond donors (Lipinski definition) is 1. The number of nitrogens with one attached hydrogen (secondary N) is 1. The second-order valence-corrected chi connectivity index (χ2v) is 4.47. The molecule has 1 heterocycles. The molecule has 0 amide bonds. The van der Waals surface area contributed by atoms with Gasteiger partial charge >= 0.3 is 0 Å². The Balaban J connectivity index is 1.95. The molecule has 0 bridgehead atoms. The molecule has 2 aromatic carbocycles. The summed E-state index contributed by atoms with van der Waals surface area (Å²) in [6, 6.07) is 13.4. The molecule has 0 aliphatic heterocycles. The van der Waals surface area contributed by atoms with Crippen molar-refractivity contribution >= 4 is 16.6 Å². The topological polar surface area (TPSA) is 80.9 Å². The van der Waals surface area contributed by atoms with Gasteiger partial charge in [0, 0.05) is 12.1 Å². The molecule has 0 radical (unpaired) electrons. The van der Waals surface area contributed by atoms with E-state index in [0.29, 0.717) is 11.9 Å². The van der Waals surface area contributed by atoms with E-state index in [1.807, 2.05) is 18.2 Å². The maximum absolute atomic E-state index is 12.1. The van der Waals surface area contributed by atoms with E-state index >= 15 is 0 Å². The monoisotopic (exact) mass is 269 g/mol. The average molecular weight is 269 g/mol. The zero-order valence-corrected chi connectivity index (χ0v) is 10.4. The van der Waals surface area contributed by atoms with E-state index in [1.165, 1.54) is 16.8 Å². The number of rotatable bonds is 3. The summed E-state index contributed by atoms with van der Waals surface area (Å²) < 4.78 is 1.49. The van der Waals surface area contributed by atoms with Crippen molar-refractivity contribution in [1.29, 1.82) is 0 Å². The predicted molar refractivity (Wildman–Crippen MR) is 74.8 cm³/mol. The number of fused-ring (bicyclic) bond motifs is 1. The SMILES string of the molecule is O=c1c2ccccc2[nH]n1Cc1ccc([N+](=O)[O-])cc1. The number of non-ortho nitro benzene ring substituents is 1. The first kappa shape index (κ1) is 12.2. The van der Waals surface area contributed by atoms with E-state index < -0.39 is 4.92 Å². The maximum Gasteiger partial charge on any atom is 0.274 e. The quantitative estimate of drug-likeness (QED) is 0.585. The van der Waals surface area contributed by atoms with Gasteiger partial charge in [0.05, 0.1) is 22.4 Å². The summed E-state index contributed by atoms with van der Waals surface area (Å²) in [6.45, 7) is 0.353. The van der Waals surface area contributed by atoms with Crippen molar-refractivity contribution in [3.05, 3.63) is 74.6 Å². The second-order valence-electron chi connectivity index (χ2n) is 4.47. The molecule has 0 saturated carbocycles. The summed E-state index contributed by atoms with van der Waals surface area (Å²) in [7, 11) is 0. The van der Waals surface area contributed by atoms with Crippen molar-refractivity contribution < 1.29 is 4.92 Å². The third kappa shape index (κ3) is 2.07. The highest BCUT2D eigenvalue weighted by molar-refractivity contribution is 5.77. The molecule has 6 nitrogen and oxygen atoms in total. The smallest absolute Gasteiger partial charge is 0.274 e. The Bertz CT molecular complexity index is 831. The fourth-order valence-electron chi connectivity index (χ4n) is 2.13.